The lowest BCUT2D eigenvalue weighted by Gasteiger charge is -2.39. The van der Waals surface area contributed by atoms with E-state index in [2.05, 4.69) is 71.2 Å². The van der Waals surface area contributed by atoms with Crippen LogP contribution in [0.5, 0.6) is 0 Å². The van der Waals surface area contributed by atoms with E-state index in [1.807, 2.05) is 0 Å². The molecule has 3 rings (SSSR count). The first kappa shape index (κ1) is 19.3. The Morgan fingerprint density at radius 2 is 1.88 bits per heavy atom. The smallest absolute Gasteiger partial charge is 0.240 e. The van der Waals surface area contributed by atoms with Crippen LogP contribution in [0, 0.1) is 5.92 Å². The number of nitrogens with one attached hydrogen (secondary N) is 1. The Morgan fingerprint density at radius 3 is 2.54 bits per heavy atom. The number of amides is 1. The van der Waals surface area contributed by atoms with E-state index in [1.165, 1.54) is 5.56 Å². The zero-order valence-corrected chi connectivity index (χ0v) is 16.5. The van der Waals surface area contributed by atoms with Gasteiger partial charge in [0.1, 0.15) is 0 Å². The predicted molar refractivity (Wildman–Crippen MR) is 106 cm³/mol. The summed E-state index contributed by atoms with van der Waals surface area (Å²) in [6.45, 7) is 10.9. The molecule has 0 radical (unpaired) electrons. The van der Waals surface area contributed by atoms with Crippen molar-refractivity contribution in [2.75, 3.05) is 46.3 Å². The molecule has 5 heteroatoms. The van der Waals surface area contributed by atoms with Gasteiger partial charge in [0.25, 0.3) is 0 Å². The molecule has 2 atom stereocenters. The highest BCUT2D eigenvalue weighted by molar-refractivity contribution is 5.82. The first-order valence-corrected chi connectivity index (χ1v) is 10.0. The summed E-state index contributed by atoms with van der Waals surface area (Å²) in [5, 5.41) is 3.35. The van der Waals surface area contributed by atoms with Crippen molar-refractivity contribution in [3.63, 3.8) is 0 Å². The standard InChI is InChI=1S/C21H34N4O/c1-17(2)23(3)20(21(26)25-13-10-22-11-14-25)19-9-12-24(16-19)15-18-7-5-4-6-8-18/h4-8,17,19-20,22H,9-16H2,1-3H3. The van der Waals surface area contributed by atoms with Gasteiger partial charge in [-0.15, -0.1) is 0 Å². The molecule has 1 aromatic rings. The first-order valence-electron chi connectivity index (χ1n) is 10.0. The topological polar surface area (TPSA) is 38.8 Å². The van der Waals surface area contributed by atoms with E-state index < -0.39 is 0 Å². The predicted octanol–water partition coefficient (Wildman–Crippen LogP) is 1.65. The Labute approximate surface area is 158 Å². The third-order valence-electron chi connectivity index (χ3n) is 5.94. The second kappa shape index (κ2) is 8.98. The average Bonchev–Trinajstić information content (AvgIpc) is 3.11. The van der Waals surface area contributed by atoms with E-state index in [1.54, 1.807) is 0 Å². The van der Waals surface area contributed by atoms with Crippen molar-refractivity contribution in [1.29, 1.82) is 0 Å². The van der Waals surface area contributed by atoms with Crippen molar-refractivity contribution >= 4 is 5.91 Å². The molecule has 1 aromatic carbocycles. The Hall–Kier alpha value is -1.43. The van der Waals surface area contributed by atoms with Gasteiger partial charge >= 0.3 is 0 Å². The number of nitrogens with zero attached hydrogens (tertiary/aromatic N) is 3. The van der Waals surface area contributed by atoms with Gasteiger partial charge in [-0.3, -0.25) is 14.6 Å². The van der Waals surface area contributed by atoms with Gasteiger partial charge in [0.05, 0.1) is 6.04 Å². The largest absolute Gasteiger partial charge is 0.339 e. The third kappa shape index (κ3) is 4.64. The number of benzene rings is 1. The lowest BCUT2D eigenvalue weighted by molar-refractivity contribution is -0.139. The summed E-state index contributed by atoms with van der Waals surface area (Å²) in [7, 11) is 2.12. The number of likely N-dealkylation sites (N-methyl/N-ethyl adjacent to an activating group) is 1. The molecule has 2 aliphatic heterocycles. The maximum atomic E-state index is 13.3. The van der Waals surface area contributed by atoms with E-state index >= 15 is 0 Å². The van der Waals surface area contributed by atoms with Crippen molar-refractivity contribution in [3.05, 3.63) is 35.9 Å². The van der Waals surface area contributed by atoms with Crippen LogP contribution in [-0.4, -0.2) is 79.0 Å². The number of rotatable bonds is 6. The molecule has 0 bridgehead atoms. The summed E-state index contributed by atoms with van der Waals surface area (Å²) in [5.41, 5.74) is 1.36. The monoisotopic (exact) mass is 358 g/mol. The van der Waals surface area contributed by atoms with Crippen LogP contribution in [0.25, 0.3) is 0 Å². The Morgan fingerprint density at radius 1 is 1.19 bits per heavy atom. The number of carbonyl (C=O) groups is 1. The van der Waals surface area contributed by atoms with E-state index in [-0.39, 0.29) is 6.04 Å². The maximum absolute atomic E-state index is 13.3. The molecular weight excluding hydrogens is 324 g/mol. The Kier molecular flexibility index (Phi) is 6.68. The minimum Gasteiger partial charge on any atom is -0.339 e. The van der Waals surface area contributed by atoms with Crippen LogP contribution in [0.3, 0.4) is 0 Å². The van der Waals surface area contributed by atoms with Crippen LogP contribution in [0.4, 0.5) is 0 Å². The molecule has 2 fully saturated rings. The fourth-order valence-electron chi connectivity index (χ4n) is 4.21. The number of hydrogen-bond acceptors (Lipinski definition) is 4. The number of carbonyl (C=O) groups excluding carboxylic acids is 1. The van der Waals surface area contributed by atoms with Crippen LogP contribution in [0.15, 0.2) is 30.3 Å². The molecule has 0 saturated carbocycles. The van der Waals surface area contributed by atoms with Gasteiger partial charge in [0.15, 0.2) is 0 Å². The molecule has 26 heavy (non-hydrogen) atoms. The van der Waals surface area contributed by atoms with E-state index in [4.69, 9.17) is 0 Å². The first-order chi connectivity index (χ1) is 12.6. The lowest BCUT2D eigenvalue weighted by Crippen LogP contribution is -2.57. The molecule has 1 N–H and O–H groups in total. The fourth-order valence-corrected chi connectivity index (χ4v) is 4.21. The summed E-state index contributed by atoms with van der Waals surface area (Å²) < 4.78 is 0. The van der Waals surface area contributed by atoms with Crippen molar-refractivity contribution in [1.82, 2.24) is 20.0 Å². The van der Waals surface area contributed by atoms with Gasteiger partial charge in [-0.1, -0.05) is 30.3 Å². The van der Waals surface area contributed by atoms with Gasteiger partial charge in [-0.05, 0) is 45.3 Å². The van der Waals surface area contributed by atoms with Crippen LogP contribution < -0.4 is 5.32 Å². The van der Waals surface area contributed by atoms with Crippen LogP contribution >= 0.6 is 0 Å². The van der Waals surface area contributed by atoms with Crippen molar-refractivity contribution in [2.45, 2.75) is 38.9 Å². The highest BCUT2D eigenvalue weighted by atomic mass is 16.2. The summed E-state index contributed by atoms with van der Waals surface area (Å²) in [6.07, 6.45) is 1.10. The van der Waals surface area contributed by atoms with Crippen LogP contribution in [0.1, 0.15) is 25.8 Å². The molecule has 5 nitrogen and oxygen atoms in total. The van der Waals surface area contributed by atoms with Gasteiger partial charge in [-0.25, -0.2) is 0 Å². The summed E-state index contributed by atoms with van der Waals surface area (Å²) in [4.78, 5) is 20.2. The van der Waals surface area contributed by atoms with Gasteiger partial charge < -0.3 is 10.2 Å². The maximum Gasteiger partial charge on any atom is 0.240 e. The highest BCUT2D eigenvalue weighted by Gasteiger charge is 2.39. The molecule has 0 aromatic heterocycles. The van der Waals surface area contributed by atoms with Crippen LogP contribution in [-0.2, 0) is 11.3 Å². The van der Waals surface area contributed by atoms with E-state index in [0.29, 0.717) is 17.9 Å². The second-order valence-corrected chi connectivity index (χ2v) is 8.05. The van der Waals surface area contributed by atoms with Crippen LogP contribution in [0.2, 0.25) is 0 Å². The molecule has 2 aliphatic rings. The molecule has 0 spiro atoms. The summed E-state index contributed by atoms with van der Waals surface area (Å²) in [6, 6.07) is 11.0. The molecular formula is C21H34N4O. The van der Waals surface area contributed by atoms with Gasteiger partial charge in [0.2, 0.25) is 5.91 Å². The third-order valence-corrected chi connectivity index (χ3v) is 5.94. The number of hydrogen-bond donors (Lipinski definition) is 1. The quantitative estimate of drug-likeness (QED) is 0.839. The molecule has 2 heterocycles. The highest BCUT2D eigenvalue weighted by Crippen LogP contribution is 2.27. The molecule has 2 saturated heterocycles. The van der Waals surface area contributed by atoms with Crippen molar-refractivity contribution < 1.29 is 4.79 Å². The SMILES string of the molecule is CC(C)N(C)C(C(=O)N1CCNCC1)C1CCN(Cc2ccccc2)C1. The summed E-state index contributed by atoms with van der Waals surface area (Å²) >= 11 is 0. The molecule has 144 valence electrons. The van der Waals surface area contributed by atoms with Gasteiger partial charge in [-0.2, -0.15) is 0 Å². The zero-order valence-electron chi connectivity index (χ0n) is 16.5. The molecule has 2 unspecified atom stereocenters. The van der Waals surface area contributed by atoms with Crippen molar-refractivity contribution in [3.8, 4) is 0 Å². The van der Waals surface area contributed by atoms with Crippen molar-refractivity contribution in [2.24, 2.45) is 5.92 Å². The van der Waals surface area contributed by atoms with Gasteiger partial charge in [0, 0.05) is 45.3 Å². The zero-order chi connectivity index (χ0) is 18.5. The second-order valence-electron chi connectivity index (χ2n) is 8.05. The average molecular weight is 359 g/mol. The van der Waals surface area contributed by atoms with E-state index in [0.717, 1.165) is 52.2 Å². The Bertz CT molecular complexity index is 571. The number of likely N-dealkylation sites (tertiary alicyclic amines) is 1. The van der Waals surface area contributed by atoms with E-state index in [9.17, 15) is 4.79 Å². The molecule has 1 amide bonds. The minimum atomic E-state index is -0.00567. The fraction of sp³-hybridized carbons (Fsp3) is 0.667. The number of piperazine rings is 1. The Balaban J connectivity index is 1.67. The normalized spacial score (nSPS) is 23.0. The minimum absolute atomic E-state index is 0.00567. The molecule has 0 aliphatic carbocycles. The lowest BCUT2D eigenvalue weighted by atomic mass is 9.95. The summed E-state index contributed by atoms with van der Waals surface area (Å²) in [5.74, 6) is 0.739.